The molecule has 7 heteroatoms. The minimum absolute atomic E-state index is 0.0265. The second kappa shape index (κ2) is 9.79. The molecule has 2 heterocycles. The van der Waals surface area contributed by atoms with Gasteiger partial charge >= 0.3 is 0 Å². The van der Waals surface area contributed by atoms with E-state index in [9.17, 15) is 9.18 Å². The van der Waals surface area contributed by atoms with Crippen LogP contribution in [0, 0.1) is 5.82 Å². The van der Waals surface area contributed by atoms with Crippen molar-refractivity contribution in [3.05, 3.63) is 100 Å². The van der Waals surface area contributed by atoms with Gasteiger partial charge in [-0.1, -0.05) is 35.9 Å². The molecule has 5 nitrogen and oxygen atoms in total. The molecule has 0 radical (unpaired) electrons. The van der Waals surface area contributed by atoms with Crippen LogP contribution in [0.4, 0.5) is 4.39 Å². The molecule has 0 aliphatic heterocycles. The lowest BCUT2D eigenvalue weighted by atomic mass is 10.1. The predicted molar refractivity (Wildman–Crippen MR) is 132 cm³/mol. The molecule has 0 fully saturated rings. The van der Waals surface area contributed by atoms with Crippen LogP contribution in [-0.4, -0.2) is 22.6 Å². The number of para-hydroxylation sites is 1. The fraction of sp³-hybridized carbons (Fsp3) is 0.115. The Morgan fingerprint density at radius 2 is 2.12 bits per heavy atom. The Bertz CT molecular complexity index is 1420. The van der Waals surface area contributed by atoms with E-state index in [-0.39, 0.29) is 12.5 Å². The van der Waals surface area contributed by atoms with Gasteiger partial charge in [0.1, 0.15) is 5.82 Å². The summed E-state index contributed by atoms with van der Waals surface area (Å²) in [6.07, 6.45) is 7.23. The van der Waals surface area contributed by atoms with Crippen molar-refractivity contribution in [2.24, 2.45) is 4.99 Å². The lowest BCUT2D eigenvalue weighted by molar-refractivity contribution is -0.117. The highest BCUT2D eigenvalue weighted by molar-refractivity contribution is 6.35. The van der Waals surface area contributed by atoms with E-state index in [4.69, 9.17) is 11.6 Å². The summed E-state index contributed by atoms with van der Waals surface area (Å²) < 4.78 is 14.4. The molecule has 0 saturated carbocycles. The number of amides is 1. The number of allylic oxidation sites excluding steroid dienone is 2. The maximum atomic E-state index is 14.4. The third-order valence-corrected chi connectivity index (χ3v) is 5.68. The zero-order valence-electron chi connectivity index (χ0n) is 18.0. The summed E-state index contributed by atoms with van der Waals surface area (Å²) in [5, 5.41) is 5.00. The molecular weight excluding hydrogens is 439 g/mol. The minimum Gasteiger partial charge on any atom is -0.360 e. The number of nitrogens with zero attached hydrogens (tertiary/aromatic N) is 2. The maximum Gasteiger partial charge on any atom is 0.251 e. The predicted octanol–water partition coefficient (Wildman–Crippen LogP) is 5.90. The molecule has 2 aromatic carbocycles. The highest BCUT2D eigenvalue weighted by Crippen LogP contribution is 2.26. The highest BCUT2D eigenvalue weighted by atomic mass is 35.5. The second-order valence-corrected chi connectivity index (χ2v) is 7.97. The number of carbonyl (C=O) groups is 1. The molecule has 2 N–H and O–H groups in total. The summed E-state index contributed by atoms with van der Waals surface area (Å²) in [4.78, 5) is 24.2. The van der Waals surface area contributed by atoms with E-state index < -0.39 is 5.82 Å². The molecule has 0 atom stereocenters. The number of carbonyl (C=O) groups excluding carboxylic acids is 1. The molecule has 2 aromatic heterocycles. The van der Waals surface area contributed by atoms with E-state index >= 15 is 0 Å². The molecule has 4 aromatic rings. The number of nitrogens with one attached hydrogen (secondary N) is 2. The van der Waals surface area contributed by atoms with E-state index in [1.165, 1.54) is 6.07 Å². The van der Waals surface area contributed by atoms with E-state index in [1.54, 1.807) is 37.5 Å². The molecule has 0 bridgehead atoms. The molecule has 1 amide bonds. The summed E-state index contributed by atoms with van der Waals surface area (Å²) in [5.41, 5.74) is 3.87. The van der Waals surface area contributed by atoms with Gasteiger partial charge in [-0.2, -0.15) is 0 Å². The number of hydrogen-bond donors (Lipinski definition) is 2. The zero-order chi connectivity index (χ0) is 23.4. The fourth-order valence-corrected chi connectivity index (χ4v) is 3.81. The van der Waals surface area contributed by atoms with Crippen LogP contribution < -0.4 is 5.32 Å². The van der Waals surface area contributed by atoms with E-state index in [1.807, 2.05) is 30.3 Å². The Hall–Kier alpha value is -3.77. The SMILES string of the molecule is C=N/C(=C\C(=C/C)C(=O)NCc1cc2c(Cl)c[nH]c2cc1F)Cc1cnc2ccccc2c1. The number of aromatic nitrogens is 2. The van der Waals surface area contributed by atoms with Crippen LogP contribution in [0.2, 0.25) is 5.02 Å². The van der Waals surface area contributed by atoms with Gasteiger partial charge in [-0.05, 0) is 49.5 Å². The van der Waals surface area contributed by atoms with Gasteiger partial charge in [0.2, 0.25) is 0 Å². The second-order valence-electron chi connectivity index (χ2n) is 7.56. The Morgan fingerprint density at radius 1 is 1.30 bits per heavy atom. The Morgan fingerprint density at radius 3 is 2.91 bits per heavy atom. The number of fused-ring (bicyclic) bond motifs is 2. The van der Waals surface area contributed by atoms with Crippen LogP contribution in [0.1, 0.15) is 18.1 Å². The number of pyridine rings is 1. The van der Waals surface area contributed by atoms with Crippen LogP contribution in [0.3, 0.4) is 0 Å². The summed E-state index contributed by atoms with van der Waals surface area (Å²) >= 11 is 6.13. The van der Waals surface area contributed by atoms with Crippen molar-refractivity contribution >= 4 is 46.0 Å². The van der Waals surface area contributed by atoms with E-state index in [0.29, 0.717) is 39.2 Å². The van der Waals surface area contributed by atoms with Gasteiger partial charge in [-0.3, -0.25) is 14.8 Å². The first-order valence-corrected chi connectivity index (χ1v) is 10.8. The summed E-state index contributed by atoms with van der Waals surface area (Å²) in [6.45, 7) is 5.43. The summed E-state index contributed by atoms with van der Waals surface area (Å²) in [5.74, 6) is -0.758. The lowest BCUT2D eigenvalue weighted by Gasteiger charge is -2.09. The molecule has 0 saturated heterocycles. The molecule has 0 aliphatic carbocycles. The zero-order valence-corrected chi connectivity index (χ0v) is 18.8. The standard InChI is InChI=1S/C26H22ClFN4O/c1-3-17(10-20(29-2)9-16-8-18-6-4-5-7-24(18)30-13-16)26(33)32-14-19-11-21-22(27)15-31-25(21)12-23(19)28/h3-8,10-13,15,31H,2,9,14H2,1H3,(H,32,33)/b17-3+,20-10-. The van der Waals surface area contributed by atoms with Gasteiger partial charge in [0.25, 0.3) is 5.91 Å². The number of H-pyrrole nitrogens is 1. The Kier molecular flexibility index (Phi) is 6.66. The van der Waals surface area contributed by atoms with Crippen LogP contribution in [-0.2, 0) is 17.8 Å². The Balaban J connectivity index is 1.48. The molecule has 0 aliphatic rings. The Labute approximate surface area is 195 Å². The third kappa shape index (κ3) is 5.02. The first kappa shape index (κ1) is 22.4. The number of aliphatic imine (C=N–C) groups is 1. The highest BCUT2D eigenvalue weighted by Gasteiger charge is 2.12. The monoisotopic (exact) mass is 460 g/mol. The van der Waals surface area contributed by atoms with E-state index in [2.05, 4.69) is 27.0 Å². The normalized spacial score (nSPS) is 12.3. The maximum absolute atomic E-state index is 14.4. The van der Waals surface area contributed by atoms with Crippen molar-refractivity contribution in [3.63, 3.8) is 0 Å². The average molecular weight is 461 g/mol. The van der Waals surface area contributed by atoms with Crippen molar-refractivity contribution in [2.75, 3.05) is 0 Å². The molecule has 0 spiro atoms. The summed E-state index contributed by atoms with van der Waals surface area (Å²) in [6, 6.07) is 12.9. The van der Waals surface area contributed by atoms with Gasteiger partial charge in [-0.15, -0.1) is 0 Å². The third-order valence-electron chi connectivity index (χ3n) is 5.37. The molecule has 0 unspecified atom stereocenters. The van der Waals surface area contributed by atoms with Crippen molar-refractivity contribution in [1.82, 2.24) is 15.3 Å². The molecular formula is C26H22ClFN4O. The average Bonchev–Trinajstić information content (AvgIpc) is 3.18. The number of hydrogen-bond acceptors (Lipinski definition) is 3. The first-order chi connectivity index (χ1) is 16.0. The van der Waals surface area contributed by atoms with Gasteiger partial charge in [0.05, 0.1) is 10.5 Å². The topological polar surface area (TPSA) is 70.1 Å². The molecule has 166 valence electrons. The van der Waals surface area contributed by atoms with Crippen molar-refractivity contribution < 1.29 is 9.18 Å². The largest absolute Gasteiger partial charge is 0.360 e. The molecule has 4 rings (SSSR count). The van der Waals surface area contributed by atoms with Crippen molar-refractivity contribution in [1.29, 1.82) is 0 Å². The van der Waals surface area contributed by atoms with Gasteiger partial charge in [-0.25, -0.2) is 4.39 Å². The number of aromatic amines is 1. The number of rotatable bonds is 7. The lowest BCUT2D eigenvalue weighted by Crippen LogP contribution is -2.24. The smallest absolute Gasteiger partial charge is 0.251 e. The van der Waals surface area contributed by atoms with Crippen LogP contribution in [0.15, 0.2) is 83.3 Å². The van der Waals surface area contributed by atoms with Gasteiger partial charge in [0.15, 0.2) is 0 Å². The minimum atomic E-state index is -0.420. The van der Waals surface area contributed by atoms with Crippen LogP contribution in [0.25, 0.3) is 21.8 Å². The number of benzene rings is 2. The van der Waals surface area contributed by atoms with Crippen LogP contribution >= 0.6 is 11.6 Å². The van der Waals surface area contributed by atoms with Crippen molar-refractivity contribution in [3.8, 4) is 0 Å². The quantitative estimate of drug-likeness (QED) is 0.205. The number of halogens is 2. The fourth-order valence-electron chi connectivity index (χ4n) is 3.60. The van der Waals surface area contributed by atoms with Gasteiger partial charge in [0, 0.05) is 58.5 Å². The van der Waals surface area contributed by atoms with E-state index in [0.717, 1.165) is 16.5 Å². The summed E-state index contributed by atoms with van der Waals surface area (Å²) in [7, 11) is 0. The molecule has 33 heavy (non-hydrogen) atoms. The van der Waals surface area contributed by atoms with Crippen molar-refractivity contribution in [2.45, 2.75) is 19.9 Å². The first-order valence-electron chi connectivity index (χ1n) is 10.4. The van der Waals surface area contributed by atoms with Gasteiger partial charge < -0.3 is 10.3 Å². The van der Waals surface area contributed by atoms with Crippen LogP contribution in [0.5, 0.6) is 0 Å².